The molecule has 0 unspecified atom stereocenters. The number of fused-ring (bicyclic) bond motifs is 1. The Kier molecular flexibility index (Phi) is 1.66. The molecule has 11 heavy (non-hydrogen) atoms. The van der Waals surface area contributed by atoms with Crippen molar-refractivity contribution in [3.63, 3.8) is 0 Å². The van der Waals surface area contributed by atoms with Crippen LogP contribution in [-0.2, 0) is 0 Å². The molecule has 0 saturated heterocycles. The Labute approximate surface area is 77.5 Å². The minimum absolute atomic E-state index is 0.716. The fraction of sp³-hybridized carbons (Fsp3) is 0. The molecule has 1 nitrogen and oxygen atoms in total. The summed E-state index contributed by atoms with van der Waals surface area (Å²) in [6, 6.07) is 6.85. The first kappa shape index (κ1) is 7.19. The van der Waals surface area contributed by atoms with E-state index in [4.69, 9.17) is 11.6 Å². The SMILES string of the molecule is Clc1cc2[nH]c[c]c2cc1Br. The summed E-state index contributed by atoms with van der Waals surface area (Å²) in [6.07, 6.45) is 1.77. The third-order valence-electron chi connectivity index (χ3n) is 1.52. The standard InChI is InChI=1S/C8H4BrClN/c9-6-3-5-1-2-11-8(5)4-7(6)10/h2-4,11H. The first-order valence-electron chi connectivity index (χ1n) is 3.11. The predicted molar refractivity (Wildman–Crippen MR) is 49.8 cm³/mol. The van der Waals surface area contributed by atoms with Gasteiger partial charge in [-0.05, 0) is 28.1 Å². The Balaban J connectivity index is 2.86. The van der Waals surface area contributed by atoms with Gasteiger partial charge in [-0.25, -0.2) is 0 Å². The van der Waals surface area contributed by atoms with Crippen molar-refractivity contribution in [1.82, 2.24) is 4.98 Å². The Hall–Kier alpha value is -0.470. The molecule has 0 atom stereocenters. The van der Waals surface area contributed by atoms with Crippen LogP contribution >= 0.6 is 27.5 Å². The molecule has 2 aromatic rings. The second kappa shape index (κ2) is 2.54. The molecule has 0 aliphatic carbocycles. The Bertz CT molecular complexity index is 358. The van der Waals surface area contributed by atoms with Gasteiger partial charge in [-0.15, -0.1) is 0 Å². The van der Waals surface area contributed by atoms with E-state index < -0.39 is 0 Å². The van der Waals surface area contributed by atoms with E-state index in [1.807, 2.05) is 12.1 Å². The number of rotatable bonds is 0. The molecule has 1 aromatic carbocycles. The molecular weight excluding hydrogens is 225 g/mol. The number of hydrogen-bond donors (Lipinski definition) is 1. The number of benzene rings is 1. The molecule has 1 heterocycles. The summed E-state index contributed by atoms with van der Waals surface area (Å²) in [7, 11) is 0. The fourth-order valence-electron chi connectivity index (χ4n) is 0.977. The largest absolute Gasteiger partial charge is 0.360 e. The van der Waals surface area contributed by atoms with Gasteiger partial charge in [0, 0.05) is 27.6 Å². The van der Waals surface area contributed by atoms with Crippen LogP contribution in [0, 0.1) is 6.07 Å². The van der Waals surface area contributed by atoms with Crippen molar-refractivity contribution in [2.24, 2.45) is 0 Å². The normalized spacial score (nSPS) is 10.7. The van der Waals surface area contributed by atoms with Gasteiger partial charge in [-0.1, -0.05) is 11.6 Å². The van der Waals surface area contributed by atoms with Gasteiger partial charge in [0.05, 0.1) is 5.02 Å². The first-order chi connectivity index (χ1) is 5.27. The summed E-state index contributed by atoms with van der Waals surface area (Å²) in [5, 5.41) is 1.76. The second-order valence-corrected chi connectivity index (χ2v) is 3.51. The van der Waals surface area contributed by atoms with Crippen LogP contribution in [0.1, 0.15) is 0 Å². The first-order valence-corrected chi connectivity index (χ1v) is 4.28. The van der Waals surface area contributed by atoms with Crippen LogP contribution in [0.25, 0.3) is 10.9 Å². The van der Waals surface area contributed by atoms with Gasteiger partial charge in [0.25, 0.3) is 0 Å². The van der Waals surface area contributed by atoms with E-state index in [-0.39, 0.29) is 0 Å². The van der Waals surface area contributed by atoms with E-state index in [0.29, 0.717) is 5.02 Å². The average molecular weight is 229 g/mol. The van der Waals surface area contributed by atoms with Crippen molar-refractivity contribution in [2.75, 3.05) is 0 Å². The lowest BCUT2D eigenvalue weighted by molar-refractivity contribution is 1.47. The van der Waals surface area contributed by atoms with Crippen molar-refractivity contribution in [3.05, 3.63) is 33.9 Å². The van der Waals surface area contributed by atoms with Crippen LogP contribution in [0.3, 0.4) is 0 Å². The van der Waals surface area contributed by atoms with E-state index in [0.717, 1.165) is 15.4 Å². The maximum Gasteiger partial charge on any atom is 0.0569 e. The summed E-state index contributed by atoms with van der Waals surface area (Å²) in [6.45, 7) is 0. The third-order valence-corrected chi connectivity index (χ3v) is 2.71. The zero-order valence-corrected chi connectivity index (χ0v) is 7.83. The van der Waals surface area contributed by atoms with Gasteiger partial charge >= 0.3 is 0 Å². The molecule has 0 aliphatic heterocycles. The van der Waals surface area contributed by atoms with Crippen LogP contribution in [-0.4, -0.2) is 4.98 Å². The van der Waals surface area contributed by atoms with E-state index in [9.17, 15) is 0 Å². The molecule has 0 bridgehead atoms. The maximum absolute atomic E-state index is 5.86. The molecule has 0 saturated carbocycles. The molecule has 2 rings (SSSR count). The van der Waals surface area contributed by atoms with Gasteiger partial charge < -0.3 is 4.98 Å². The zero-order valence-electron chi connectivity index (χ0n) is 5.49. The summed E-state index contributed by atoms with van der Waals surface area (Å²) < 4.78 is 0.905. The molecule has 1 aromatic heterocycles. The molecule has 0 amide bonds. The highest BCUT2D eigenvalue weighted by molar-refractivity contribution is 9.10. The molecule has 1 radical (unpaired) electrons. The summed E-state index contributed by atoms with van der Waals surface area (Å²) in [4.78, 5) is 3.03. The number of halogens is 2. The Morgan fingerprint density at radius 3 is 3.09 bits per heavy atom. The van der Waals surface area contributed by atoms with Gasteiger partial charge in [-0.3, -0.25) is 0 Å². The van der Waals surface area contributed by atoms with Crippen molar-refractivity contribution >= 4 is 38.4 Å². The van der Waals surface area contributed by atoms with E-state index in [1.165, 1.54) is 0 Å². The minimum atomic E-state index is 0.716. The number of hydrogen-bond acceptors (Lipinski definition) is 0. The van der Waals surface area contributed by atoms with Gasteiger partial charge in [0.15, 0.2) is 0 Å². The number of H-pyrrole nitrogens is 1. The van der Waals surface area contributed by atoms with Gasteiger partial charge in [-0.2, -0.15) is 0 Å². The quantitative estimate of drug-likeness (QED) is 0.713. The van der Waals surface area contributed by atoms with Crippen LogP contribution in [0.4, 0.5) is 0 Å². The van der Waals surface area contributed by atoms with Crippen LogP contribution in [0.2, 0.25) is 5.02 Å². The number of nitrogens with one attached hydrogen (secondary N) is 1. The fourth-order valence-corrected chi connectivity index (χ4v) is 1.48. The van der Waals surface area contributed by atoms with Crippen LogP contribution < -0.4 is 0 Å². The minimum Gasteiger partial charge on any atom is -0.360 e. The molecule has 55 valence electrons. The average Bonchev–Trinajstić information content (AvgIpc) is 2.36. The highest BCUT2D eigenvalue weighted by Crippen LogP contribution is 2.26. The summed E-state index contributed by atoms with van der Waals surface area (Å²) in [5.41, 5.74) is 1.01. The summed E-state index contributed by atoms with van der Waals surface area (Å²) >= 11 is 9.20. The Morgan fingerprint density at radius 1 is 1.45 bits per heavy atom. The lowest BCUT2D eigenvalue weighted by Crippen LogP contribution is -1.70. The van der Waals surface area contributed by atoms with E-state index >= 15 is 0 Å². The number of aromatic amines is 1. The molecule has 1 N–H and O–H groups in total. The molecule has 0 spiro atoms. The van der Waals surface area contributed by atoms with Crippen LogP contribution in [0.15, 0.2) is 22.8 Å². The zero-order chi connectivity index (χ0) is 7.84. The monoisotopic (exact) mass is 228 g/mol. The third kappa shape index (κ3) is 1.17. The molecule has 0 fully saturated rings. The topological polar surface area (TPSA) is 15.8 Å². The number of aromatic nitrogens is 1. The Morgan fingerprint density at radius 2 is 2.27 bits per heavy atom. The van der Waals surface area contributed by atoms with E-state index in [1.54, 1.807) is 6.20 Å². The lowest BCUT2D eigenvalue weighted by atomic mass is 10.2. The van der Waals surface area contributed by atoms with Gasteiger partial charge in [0.1, 0.15) is 0 Å². The van der Waals surface area contributed by atoms with Gasteiger partial charge in [0.2, 0.25) is 0 Å². The van der Waals surface area contributed by atoms with Crippen molar-refractivity contribution in [2.45, 2.75) is 0 Å². The second-order valence-electron chi connectivity index (χ2n) is 2.24. The van der Waals surface area contributed by atoms with Crippen molar-refractivity contribution in [1.29, 1.82) is 0 Å². The summed E-state index contributed by atoms with van der Waals surface area (Å²) in [5.74, 6) is 0. The lowest BCUT2D eigenvalue weighted by Gasteiger charge is -1.94. The van der Waals surface area contributed by atoms with Crippen LogP contribution in [0.5, 0.6) is 0 Å². The van der Waals surface area contributed by atoms with Crippen molar-refractivity contribution in [3.8, 4) is 0 Å². The maximum atomic E-state index is 5.86. The highest BCUT2D eigenvalue weighted by atomic mass is 79.9. The van der Waals surface area contributed by atoms with Crippen molar-refractivity contribution < 1.29 is 0 Å². The van der Waals surface area contributed by atoms with E-state index in [2.05, 4.69) is 27.0 Å². The smallest absolute Gasteiger partial charge is 0.0569 e. The molecule has 0 aliphatic rings. The predicted octanol–water partition coefficient (Wildman–Crippen LogP) is 3.38. The highest BCUT2D eigenvalue weighted by Gasteiger charge is 1.99. The molecule has 3 heteroatoms. The molecular formula is C8H4BrClN.